The van der Waals surface area contributed by atoms with Gasteiger partial charge in [-0.15, -0.1) is 0 Å². The van der Waals surface area contributed by atoms with Crippen LogP contribution in [0.15, 0.2) is 24.3 Å². The van der Waals surface area contributed by atoms with Crippen LogP contribution in [0, 0.1) is 5.41 Å². The van der Waals surface area contributed by atoms with E-state index in [0.717, 1.165) is 30.6 Å². The van der Waals surface area contributed by atoms with Crippen molar-refractivity contribution in [2.45, 2.75) is 39.7 Å². The molecule has 1 aromatic carbocycles. The molecule has 0 spiro atoms. The van der Waals surface area contributed by atoms with E-state index in [2.05, 4.69) is 13.8 Å². The maximum atomic E-state index is 12.1. The van der Waals surface area contributed by atoms with Crippen molar-refractivity contribution in [1.29, 1.82) is 0 Å². The SMILES string of the molecule is CC1(C)CCC(=O)N(Cc2cccc(N)c2)CC1. The van der Waals surface area contributed by atoms with Gasteiger partial charge in [-0.3, -0.25) is 4.79 Å². The second-order valence-electron chi connectivity index (χ2n) is 5.97. The first-order valence-corrected chi connectivity index (χ1v) is 6.58. The third-order valence-electron chi connectivity index (χ3n) is 3.75. The monoisotopic (exact) mass is 246 g/mol. The molecule has 0 aliphatic carbocycles. The zero-order valence-corrected chi connectivity index (χ0v) is 11.3. The fraction of sp³-hybridized carbons (Fsp3) is 0.533. The zero-order chi connectivity index (χ0) is 13.2. The summed E-state index contributed by atoms with van der Waals surface area (Å²) in [4.78, 5) is 14.0. The molecule has 0 aromatic heterocycles. The van der Waals surface area contributed by atoms with Gasteiger partial charge in [-0.25, -0.2) is 0 Å². The van der Waals surface area contributed by atoms with Gasteiger partial charge in [-0.1, -0.05) is 26.0 Å². The summed E-state index contributed by atoms with van der Waals surface area (Å²) in [6, 6.07) is 7.79. The van der Waals surface area contributed by atoms with Gasteiger partial charge >= 0.3 is 0 Å². The minimum atomic E-state index is 0.267. The molecule has 2 N–H and O–H groups in total. The first kappa shape index (κ1) is 12.9. The number of amides is 1. The predicted molar refractivity (Wildman–Crippen MR) is 73.9 cm³/mol. The summed E-state index contributed by atoms with van der Waals surface area (Å²) >= 11 is 0. The van der Waals surface area contributed by atoms with Gasteiger partial charge < -0.3 is 10.6 Å². The van der Waals surface area contributed by atoms with Gasteiger partial charge in [0.25, 0.3) is 0 Å². The van der Waals surface area contributed by atoms with Crippen LogP contribution < -0.4 is 5.73 Å². The average molecular weight is 246 g/mol. The molecule has 1 amide bonds. The molecule has 18 heavy (non-hydrogen) atoms. The molecule has 0 bridgehead atoms. The highest BCUT2D eigenvalue weighted by Gasteiger charge is 2.27. The van der Waals surface area contributed by atoms with Crippen molar-refractivity contribution in [1.82, 2.24) is 4.90 Å². The van der Waals surface area contributed by atoms with Crippen LogP contribution >= 0.6 is 0 Å². The van der Waals surface area contributed by atoms with E-state index < -0.39 is 0 Å². The quantitative estimate of drug-likeness (QED) is 0.816. The second-order valence-corrected chi connectivity index (χ2v) is 5.97. The molecule has 1 saturated heterocycles. The Morgan fingerprint density at radius 2 is 2.11 bits per heavy atom. The summed E-state index contributed by atoms with van der Waals surface area (Å²) in [7, 11) is 0. The Balaban J connectivity index is 2.06. The highest BCUT2D eigenvalue weighted by Crippen LogP contribution is 2.30. The molecule has 1 aromatic rings. The van der Waals surface area contributed by atoms with E-state index in [9.17, 15) is 4.79 Å². The maximum Gasteiger partial charge on any atom is 0.222 e. The number of carbonyl (C=O) groups is 1. The highest BCUT2D eigenvalue weighted by atomic mass is 16.2. The van der Waals surface area contributed by atoms with Crippen LogP contribution in [0.5, 0.6) is 0 Å². The molecule has 98 valence electrons. The first-order chi connectivity index (χ1) is 8.46. The molecule has 1 heterocycles. The largest absolute Gasteiger partial charge is 0.399 e. The number of benzene rings is 1. The number of carbonyl (C=O) groups excluding carboxylic acids is 1. The van der Waals surface area contributed by atoms with Crippen LogP contribution in [-0.4, -0.2) is 17.4 Å². The lowest BCUT2D eigenvalue weighted by Gasteiger charge is -2.23. The summed E-state index contributed by atoms with van der Waals surface area (Å²) < 4.78 is 0. The number of hydrogen-bond acceptors (Lipinski definition) is 2. The van der Waals surface area contributed by atoms with E-state index in [1.165, 1.54) is 0 Å². The van der Waals surface area contributed by atoms with Gasteiger partial charge in [0.1, 0.15) is 0 Å². The second kappa shape index (κ2) is 5.01. The van der Waals surface area contributed by atoms with Gasteiger partial charge in [0.2, 0.25) is 5.91 Å². The van der Waals surface area contributed by atoms with E-state index >= 15 is 0 Å². The number of nitrogen functional groups attached to an aromatic ring is 1. The molecule has 0 saturated carbocycles. The Morgan fingerprint density at radius 3 is 2.83 bits per heavy atom. The standard InChI is InChI=1S/C15H22N2O/c1-15(2)7-6-14(18)17(9-8-15)11-12-4-3-5-13(16)10-12/h3-5,10H,6-9,11,16H2,1-2H3. The lowest BCUT2D eigenvalue weighted by molar-refractivity contribution is -0.131. The summed E-state index contributed by atoms with van der Waals surface area (Å²) in [5, 5.41) is 0. The van der Waals surface area contributed by atoms with Crippen LogP contribution in [0.1, 0.15) is 38.7 Å². The van der Waals surface area contributed by atoms with Crippen LogP contribution in [0.2, 0.25) is 0 Å². The fourth-order valence-electron chi connectivity index (χ4n) is 2.37. The summed E-state index contributed by atoms with van der Waals surface area (Å²) in [6.07, 6.45) is 2.72. The number of rotatable bonds is 2. The minimum Gasteiger partial charge on any atom is -0.399 e. The Kier molecular flexibility index (Phi) is 3.60. The average Bonchev–Trinajstić information content (AvgIpc) is 2.42. The normalized spacial score (nSPS) is 19.7. The van der Waals surface area contributed by atoms with Crippen LogP contribution in [0.25, 0.3) is 0 Å². The van der Waals surface area contributed by atoms with Gasteiger partial charge in [-0.2, -0.15) is 0 Å². The van der Waals surface area contributed by atoms with E-state index in [1.807, 2.05) is 29.2 Å². The molecule has 0 radical (unpaired) electrons. The Bertz CT molecular complexity index is 440. The van der Waals surface area contributed by atoms with E-state index in [1.54, 1.807) is 0 Å². The van der Waals surface area contributed by atoms with Crippen molar-refractivity contribution in [3.05, 3.63) is 29.8 Å². The van der Waals surface area contributed by atoms with Crippen molar-refractivity contribution in [2.24, 2.45) is 5.41 Å². The van der Waals surface area contributed by atoms with E-state index in [4.69, 9.17) is 5.73 Å². The third kappa shape index (κ3) is 3.25. The number of anilines is 1. The third-order valence-corrected chi connectivity index (χ3v) is 3.75. The van der Waals surface area contributed by atoms with Crippen molar-refractivity contribution < 1.29 is 4.79 Å². The van der Waals surface area contributed by atoms with Gasteiger partial charge in [0, 0.05) is 25.2 Å². The zero-order valence-electron chi connectivity index (χ0n) is 11.3. The molecule has 2 rings (SSSR count). The molecule has 1 aliphatic rings. The van der Waals surface area contributed by atoms with E-state index in [0.29, 0.717) is 13.0 Å². The number of nitrogens with zero attached hydrogens (tertiary/aromatic N) is 1. The number of hydrogen-bond donors (Lipinski definition) is 1. The van der Waals surface area contributed by atoms with Gasteiger partial charge in [0.05, 0.1) is 0 Å². The number of nitrogens with two attached hydrogens (primary N) is 1. The Labute approximate surface area is 109 Å². The minimum absolute atomic E-state index is 0.267. The summed E-state index contributed by atoms with van der Waals surface area (Å²) in [5.41, 5.74) is 7.92. The van der Waals surface area contributed by atoms with Crippen molar-refractivity contribution in [3.63, 3.8) is 0 Å². The molecular weight excluding hydrogens is 224 g/mol. The molecule has 3 nitrogen and oxygen atoms in total. The topological polar surface area (TPSA) is 46.3 Å². The molecule has 0 atom stereocenters. The maximum absolute atomic E-state index is 12.1. The van der Waals surface area contributed by atoms with Crippen LogP contribution in [0.4, 0.5) is 5.69 Å². The Morgan fingerprint density at radius 1 is 1.33 bits per heavy atom. The van der Waals surface area contributed by atoms with Crippen molar-refractivity contribution in [2.75, 3.05) is 12.3 Å². The number of likely N-dealkylation sites (tertiary alicyclic amines) is 1. The fourth-order valence-corrected chi connectivity index (χ4v) is 2.37. The molecule has 3 heteroatoms. The van der Waals surface area contributed by atoms with Crippen molar-refractivity contribution >= 4 is 11.6 Å². The van der Waals surface area contributed by atoms with Crippen LogP contribution in [-0.2, 0) is 11.3 Å². The molecule has 0 unspecified atom stereocenters. The van der Waals surface area contributed by atoms with Gasteiger partial charge in [0.15, 0.2) is 0 Å². The molecule has 1 fully saturated rings. The highest BCUT2D eigenvalue weighted by molar-refractivity contribution is 5.76. The Hall–Kier alpha value is -1.51. The summed E-state index contributed by atoms with van der Waals surface area (Å²) in [6.45, 7) is 6.01. The van der Waals surface area contributed by atoms with Crippen molar-refractivity contribution in [3.8, 4) is 0 Å². The predicted octanol–water partition coefficient (Wildman–Crippen LogP) is 2.81. The smallest absolute Gasteiger partial charge is 0.222 e. The molecule has 1 aliphatic heterocycles. The van der Waals surface area contributed by atoms with Crippen LogP contribution in [0.3, 0.4) is 0 Å². The van der Waals surface area contributed by atoms with E-state index in [-0.39, 0.29) is 11.3 Å². The lowest BCUT2D eigenvalue weighted by atomic mass is 9.85. The lowest BCUT2D eigenvalue weighted by Crippen LogP contribution is -2.30. The summed E-state index contributed by atoms with van der Waals surface area (Å²) in [5.74, 6) is 0.267. The van der Waals surface area contributed by atoms with Gasteiger partial charge in [-0.05, 0) is 36.0 Å². The first-order valence-electron chi connectivity index (χ1n) is 6.58. The molecular formula is C15H22N2O.